The van der Waals surface area contributed by atoms with Gasteiger partial charge in [-0.2, -0.15) is 5.26 Å². The Morgan fingerprint density at radius 2 is 1.73 bits per heavy atom. The minimum absolute atomic E-state index is 0.137. The lowest BCUT2D eigenvalue weighted by Gasteiger charge is -1.99. The smallest absolute Gasteiger partial charge is 0.147 e. The molecule has 11 heavy (non-hydrogen) atoms. The average Bonchev–Trinajstić information content (AvgIpc) is 1.85. The first kappa shape index (κ1) is 7.28. The molecule has 1 heterocycles. The molecular formula is C6H7N5. The third kappa shape index (κ3) is 1.19. The van der Waals surface area contributed by atoms with E-state index >= 15 is 0 Å². The number of anilines is 2. The van der Waals surface area contributed by atoms with Crippen LogP contribution in [0.1, 0.15) is 11.4 Å². The summed E-state index contributed by atoms with van der Waals surface area (Å²) in [4.78, 5) is 7.54. The van der Waals surface area contributed by atoms with E-state index in [0.717, 1.165) is 0 Å². The molecule has 4 N–H and O–H groups in total. The van der Waals surface area contributed by atoms with Gasteiger partial charge >= 0.3 is 0 Å². The van der Waals surface area contributed by atoms with Gasteiger partial charge in [-0.25, -0.2) is 9.97 Å². The van der Waals surface area contributed by atoms with Crippen molar-refractivity contribution in [1.82, 2.24) is 9.97 Å². The highest BCUT2D eigenvalue weighted by atomic mass is 15.0. The highest BCUT2D eigenvalue weighted by Gasteiger charge is 2.05. The number of aromatic nitrogens is 2. The van der Waals surface area contributed by atoms with Gasteiger partial charge in [-0.15, -0.1) is 0 Å². The topological polar surface area (TPSA) is 102 Å². The minimum atomic E-state index is 0.137. The number of aryl methyl sites for hydroxylation is 1. The highest BCUT2D eigenvalue weighted by molar-refractivity contribution is 5.60. The average molecular weight is 149 g/mol. The Morgan fingerprint density at radius 3 is 2.09 bits per heavy atom. The van der Waals surface area contributed by atoms with Crippen molar-refractivity contribution < 1.29 is 0 Å². The minimum Gasteiger partial charge on any atom is -0.382 e. The van der Waals surface area contributed by atoms with Crippen LogP contribution in [0.25, 0.3) is 0 Å². The third-order valence-corrected chi connectivity index (χ3v) is 1.19. The largest absolute Gasteiger partial charge is 0.382 e. The van der Waals surface area contributed by atoms with Crippen LogP contribution in [-0.4, -0.2) is 9.97 Å². The van der Waals surface area contributed by atoms with E-state index < -0.39 is 0 Å². The molecule has 1 aromatic rings. The molecule has 56 valence electrons. The molecule has 0 unspecified atom stereocenters. The number of hydrogen-bond acceptors (Lipinski definition) is 5. The lowest BCUT2D eigenvalue weighted by Crippen LogP contribution is -2.04. The molecule has 0 fully saturated rings. The first-order valence-corrected chi connectivity index (χ1v) is 2.95. The Hall–Kier alpha value is -1.83. The maximum atomic E-state index is 8.50. The van der Waals surface area contributed by atoms with Crippen molar-refractivity contribution in [3.63, 3.8) is 0 Å². The fourth-order valence-corrected chi connectivity index (χ4v) is 0.731. The molecule has 5 nitrogen and oxygen atoms in total. The summed E-state index contributed by atoms with van der Waals surface area (Å²) in [7, 11) is 0. The quantitative estimate of drug-likeness (QED) is 0.532. The van der Waals surface area contributed by atoms with E-state index in [1.54, 1.807) is 6.92 Å². The van der Waals surface area contributed by atoms with Crippen molar-refractivity contribution in [3.05, 3.63) is 11.4 Å². The van der Waals surface area contributed by atoms with Gasteiger partial charge in [0, 0.05) is 0 Å². The van der Waals surface area contributed by atoms with Gasteiger partial charge in [0.25, 0.3) is 0 Å². The zero-order valence-electron chi connectivity index (χ0n) is 6.00. The molecule has 0 aliphatic carbocycles. The molecule has 0 saturated carbocycles. The summed E-state index contributed by atoms with van der Waals surface area (Å²) in [6, 6.07) is 1.82. The Labute approximate surface area is 63.7 Å². The zero-order valence-corrected chi connectivity index (χ0v) is 6.00. The molecule has 0 aromatic carbocycles. The maximum absolute atomic E-state index is 8.50. The number of nitrogens with two attached hydrogens (primary N) is 2. The number of hydrogen-bond donors (Lipinski definition) is 2. The van der Waals surface area contributed by atoms with Crippen molar-refractivity contribution in [3.8, 4) is 6.07 Å². The Bertz CT molecular complexity index is 301. The summed E-state index contributed by atoms with van der Waals surface area (Å²) in [6.45, 7) is 1.66. The number of nitrogens with zero attached hydrogens (tertiary/aromatic N) is 3. The number of rotatable bonds is 0. The standard InChI is InChI=1S/C6H7N5/c1-3-10-5(8)4(2-7)6(9)11-3/h1H3,(H4,8,9,10,11). The summed E-state index contributed by atoms with van der Waals surface area (Å²) >= 11 is 0. The maximum Gasteiger partial charge on any atom is 0.147 e. The van der Waals surface area contributed by atoms with E-state index in [1.165, 1.54) is 0 Å². The lowest BCUT2D eigenvalue weighted by atomic mass is 10.3. The normalized spacial score (nSPS) is 9.09. The number of nitriles is 1. The molecule has 0 radical (unpaired) electrons. The van der Waals surface area contributed by atoms with Gasteiger partial charge < -0.3 is 11.5 Å². The van der Waals surface area contributed by atoms with Gasteiger partial charge in [0.15, 0.2) is 0 Å². The van der Waals surface area contributed by atoms with E-state index in [1.807, 2.05) is 6.07 Å². The second kappa shape index (κ2) is 2.42. The molecule has 0 aliphatic heterocycles. The molecule has 0 spiro atoms. The summed E-state index contributed by atoms with van der Waals surface area (Å²) in [5, 5.41) is 8.50. The fourth-order valence-electron chi connectivity index (χ4n) is 0.731. The van der Waals surface area contributed by atoms with Gasteiger partial charge in [0.05, 0.1) is 0 Å². The van der Waals surface area contributed by atoms with Crippen LogP contribution in [0, 0.1) is 18.3 Å². The molecule has 0 atom stereocenters. The van der Waals surface area contributed by atoms with Crippen molar-refractivity contribution in [2.75, 3.05) is 11.5 Å². The van der Waals surface area contributed by atoms with Gasteiger partial charge in [-0.3, -0.25) is 0 Å². The Morgan fingerprint density at radius 1 is 1.27 bits per heavy atom. The summed E-state index contributed by atoms with van der Waals surface area (Å²) < 4.78 is 0. The second-order valence-corrected chi connectivity index (χ2v) is 2.03. The fraction of sp³-hybridized carbons (Fsp3) is 0.167. The van der Waals surface area contributed by atoms with Crippen LogP contribution in [-0.2, 0) is 0 Å². The molecular weight excluding hydrogens is 142 g/mol. The SMILES string of the molecule is Cc1nc(N)c(C#N)c(N)n1. The first-order valence-electron chi connectivity index (χ1n) is 2.95. The lowest BCUT2D eigenvalue weighted by molar-refractivity contribution is 1.06. The van der Waals surface area contributed by atoms with Crippen molar-refractivity contribution in [2.24, 2.45) is 0 Å². The molecule has 5 heteroatoms. The van der Waals surface area contributed by atoms with E-state index in [4.69, 9.17) is 16.7 Å². The van der Waals surface area contributed by atoms with Crippen LogP contribution in [0.5, 0.6) is 0 Å². The highest BCUT2D eigenvalue weighted by Crippen LogP contribution is 2.12. The summed E-state index contributed by atoms with van der Waals surface area (Å²) in [6.07, 6.45) is 0. The molecule has 1 rings (SSSR count). The van der Waals surface area contributed by atoms with E-state index in [-0.39, 0.29) is 17.2 Å². The molecule has 0 saturated heterocycles. The zero-order chi connectivity index (χ0) is 8.43. The molecule has 0 aliphatic rings. The van der Waals surface area contributed by atoms with Crippen LogP contribution >= 0.6 is 0 Å². The predicted molar refractivity (Wildman–Crippen MR) is 40.3 cm³/mol. The van der Waals surface area contributed by atoms with Gasteiger partial charge in [-0.1, -0.05) is 0 Å². The summed E-state index contributed by atoms with van der Waals surface area (Å²) in [5.41, 5.74) is 10.9. The van der Waals surface area contributed by atoms with Crippen molar-refractivity contribution in [1.29, 1.82) is 5.26 Å². The Balaban J connectivity index is 3.40. The van der Waals surface area contributed by atoms with Crippen molar-refractivity contribution in [2.45, 2.75) is 6.92 Å². The third-order valence-electron chi connectivity index (χ3n) is 1.19. The molecule has 0 amide bonds. The van der Waals surface area contributed by atoms with Crippen LogP contribution in [0.15, 0.2) is 0 Å². The second-order valence-electron chi connectivity index (χ2n) is 2.03. The predicted octanol–water partition coefficient (Wildman–Crippen LogP) is -0.179. The summed E-state index contributed by atoms with van der Waals surface area (Å²) in [5.74, 6) is 0.744. The Kier molecular flexibility index (Phi) is 1.60. The van der Waals surface area contributed by atoms with E-state index in [2.05, 4.69) is 9.97 Å². The van der Waals surface area contributed by atoms with E-state index in [9.17, 15) is 0 Å². The molecule has 1 aromatic heterocycles. The van der Waals surface area contributed by atoms with Crippen LogP contribution in [0.3, 0.4) is 0 Å². The van der Waals surface area contributed by atoms with Crippen LogP contribution in [0.4, 0.5) is 11.6 Å². The number of nitrogen functional groups attached to an aromatic ring is 2. The molecule has 0 bridgehead atoms. The van der Waals surface area contributed by atoms with Crippen molar-refractivity contribution >= 4 is 11.6 Å². The van der Waals surface area contributed by atoms with Crippen LogP contribution < -0.4 is 11.5 Å². The van der Waals surface area contributed by atoms with Gasteiger partial charge in [-0.05, 0) is 6.92 Å². The van der Waals surface area contributed by atoms with Gasteiger partial charge in [0.1, 0.15) is 29.1 Å². The van der Waals surface area contributed by atoms with E-state index in [0.29, 0.717) is 5.82 Å². The van der Waals surface area contributed by atoms with Crippen LogP contribution in [0.2, 0.25) is 0 Å². The van der Waals surface area contributed by atoms with Gasteiger partial charge in [0.2, 0.25) is 0 Å². The first-order chi connectivity index (χ1) is 5.15. The monoisotopic (exact) mass is 149 g/mol.